The lowest BCUT2D eigenvalue weighted by atomic mass is 9.87. The molecule has 0 unspecified atom stereocenters. The van der Waals surface area contributed by atoms with Gasteiger partial charge in [0, 0.05) is 61.5 Å². The van der Waals surface area contributed by atoms with Crippen LogP contribution in [0.2, 0.25) is 0 Å². The molecule has 3 saturated heterocycles. The van der Waals surface area contributed by atoms with Crippen molar-refractivity contribution in [3.05, 3.63) is 65.5 Å². The van der Waals surface area contributed by atoms with E-state index >= 15 is 4.39 Å². The Morgan fingerprint density at radius 3 is 2.84 bits per heavy atom. The summed E-state index contributed by atoms with van der Waals surface area (Å²) in [4.78, 5) is 35.8. The van der Waals surface area contributed by atoms with Crippen molar-refractivity contribution in [2.24, 2.45) is 0 Å². The number of piperazine rings is 1. The number of nitrogens with zero attached hydrogens (tertiary/aromatic N) is 7. The Hall–Kier alpha value is -4.17. The quantitative estimate of drug-likeness (QED) is 0.280. The van der Waals surface area contributed by atoms with Crippen molar-refractivity contribution < 1.29 is 18.3 Å². The first-order chi connectivity index (χ1) is 21.9. The van der Waals surface area contributed by atoms with E-state index in [9.17, 15) is 9.18 Å². The summed E-state index contributed by atoms with van der Waals surface area (Å²) in [6.07, 6.45) is 10.1. The molecule has 0 N–H and O–H groups in total. The van der Waals surface area contributed by atoms with Crippen LogP contribution in [0.5, 0.6) is 6.01 Å². The number of rotatable bonds is 7. The van der Waals surface area contributed by atoms with E-state index < -0.39 is 17.5 Å². The minimum atomic E-state index is -0.902. The van der Waals surface area contributed by atoms with E-state index in [4.69, 9.17) is 16.3 Å². The Morgan fingerprint density at radius 1 is 1.13 bits per heavy atom. The minimum Gasteiger partial charge on any atom is -0.461 e. The zero-order chi connectivity index (χ0) is 31.1. The molecule has 45 heavy (non-hydrogen) atoms. The second-order valence-electron chi connectivity index (χ2n) is 12.7. The number of halogens is 2. The van der Waals surface area contributed by atoms with Gasteiger partial charge in [0.25, 0.3) is 0 Å². The van der Waals surface area contributed by atoms with Gasteiger partial charge in [-0.3, -0.25) is 14.7 Å². The molecular formula is C34H37F2N7O2. The van der Waals surface area contributed by atoms with Crippen LogP contribution in [0, 0.1) is 12.4 Å². The molecule has 234 valence electrons. The molecular weight excluding hydrogens is 576 g/mol. The van der Waals surface area contributed by atoms with Crippen LogP contribution in [0.15, 0.2) is 37.2 Å². The summed E-state index contributed by atoms with van der Waals surface area (Å²) in [7, 11) is 0. The zero-order valence-electron chi connectivity index (χ0n) is 25.4. The van der Waals surface area contributed by atoms with E-state index in [1.807, 2.05) is 17.2 Å². The van der Waals surface area contributed by atoms with E-state index in [2.05, 4.69) is 26.3 Å². The van der Waals surface area contributed by atoms with Gasteiger partial charge in [-0.2, -0.15) is 9.97 Å². The monoisotopic (exact) mass is 613 g/mol. The van der Waals surface area contributed by atoms with Gasteiger partial charge >= 0.3 is 6.01 Å². The highest BCUT2D eigenvalue weighted by molar-refractivity contribution is 5.94. The van der Waals surface area contributed by atoms with Crippen LogP contribution in [-0.4, -0.2) is 94.3 Å². The second kappa shape index (κ2) is 12.0. The minimum absolute atomic E-state index is 0.0385. The van der Waals surface area contributed by atoms with Crippen LogP contribution >= 0.6 is 0 Å². The number of fused-ring (bicyclic) bond motifs is 3. The number of benzene rings is 1. The fourth-order valence-corrected chi connectivity index (χ4v) is 7.89. The van der Waals surface area contributed by atoms with Crippen molar-refractivity contribution in [3.8, 4) is 17.1 Å². The summed E-state index contributed by atoms with van der Waals surface area (Å²) in [5, 5.41) is 0.525. The first kappa shape index (κ1) is 29.5. The standard InChI is InChI=1S/C34H37F2N7O2/c1-3-29(44)43-14-13-41(20-24(43)17-37-2)32-27-10-9-26(28-18-38-16-22-7-4-5-8-25(22)28)30(36)31(27)39-33(40-32)45-21-34-11-6-12-42(34)19-23(35)15-34/h3,9-10,16,18,23-24H,1,4-8,11-15,17,19-21H2/t23-,24+,34+/m1/s1. The van der Waals surface area contributed by atoms with Crippen molar-refractivity contribution in [3.63, 3.8) is 0 Å². The number of amides is 1. The smallest absolute Gasteiger partial charge is 0.319 e. The van der Waals surface area contributed by atoms with Gasteiger partial charge in [0.1, 0.15) is 30.2 Å². The largest absolute Gasteiger partial charge is 0.461 e. The molecule has 4 aliphatic rings. The van der Waals surface area contributed by atoms with Gasteiger partial charge in [0.05, 0.1) is 5.54 Å². The summed E-state index contributed by atoms with van der Waals surface area (Å²) in [5.74, 6) is -0.200. The van der Waals surface area contributed by atoms with Gasteiger partial charge < -0.3 is 19.4 Å². The lowest BCUT2D eigenvalue weighted by Crippen LogP contribution is -2.56. The first-order valence-corrected chi connectivity index (χ1v) is 15.9. The number of ether oxygens (including phenoxy) is 1. The van der Waals surface area contributed by atoms with Crippen molar-refractivity contribution in [2.45, 2.75) is 62.7 Å². The molecule has 1 aliphatic carbocycles. The van der Waals surface area contributed by atoms with E-state index in [-0.39, 0.29) is 36.6 Å². The summed E-state index contributed by atoms with van der Waals surface area (Å²) < 4.78 is 37.5. The number of carbonyl (C=O) groups excluding carboxylic acids is 1. The first-order valence-electron chi connectivity index (χ1n) is 15.9. The molecule has 0 saturated carbocycles. The molecule has 3 fully saturated rings. The lowest BCUT2D eigenvalue weighted by Gasteiger charge is -2.39. The molecule has 0 radical (unpaired) electrons. The summed E-state index contributed by atoms with van der Waals surface area (Å²) >= 11 is 0. The number of alkyl halides is 1. The molecule has 2 aromatic heterocycles. The number of hydrogen-bond donors (Lipinski definition) is 0. The van der Waals surface area contributed by atoms with Crippen molar-refractivity contribution in [2.75, 3.05) is 50.8 Å². The summed E-state index contributed by atoms with van der Waals surface area (Å²) in [6, 6.07) is 3.28. The highest BCUT2D eigenvalue weighted by Gasteiger charge is 2.49. The number of anilines is 1. The van der Waals surface area contributed by atoms with E-state index in [0.717, 1.165) is 61.8 Å². The van der Waals surface area contributed by atoms with Gasteiger partial charge in [-0.15, -0.1) is 0 Å². The third-order valence-corrected chi connectivity index (χ3v) is 10.1. The van der Waals surface area contributed by atoms with Crippen LogP contribution in [0.1, 0.15) is 43.2 Å². The third-order valence-electron chi connectivity index (χ3n) is 10.1. The molecule has 1 amide bonds. The normalized spacial score (nSPS) is 24.7. The number of aromatic nitrogens is 3. The molecule has 0 spiro atoms. The number of aryl methyl sites for hydroxylation is 1. The maximum absolute atomic E-state index is 16.7. The van der Waals surface area contributed by atoms with Crippen LogP contribution in [0.4, 0.5) is 14.6 Å². The van der Waals surface area contributed by atoms with Gasteiger partial charge in [0.15, 0.2) is 5.82 Å². The van der Waals surface area contributed by atoms with Crippen LogP contribution in [0.3, 0.4) is 0 Å². The van der Waals surface area contributed by atoms with Gasteiger partial charge in [-0.25, -0.2) is 15.4 Å². The van der Waals surface area contributed by atoms with Gasteiger partial charge in [-0.05, 0) is 68.3 Å². The van der Waals surface area contributed by atoms with E-state index in [1.165, 1.54) is 6.08 Å². The molecule has 5 heterocycles. The topological polar surface area (TPSA) is 79.1 Å². The van der Waals surface area contributed by atoms with E-state index in [0.29, 0.717) is 49.4 Å². The van der Waals surface area contributed by atoms with Crippen LogP contribution < -0.4 is 9.64 Å². The Morgan fingerprint density at radius 2 is 2.00 bits per heavy atom. The molecule has 7 rings (SSSR count). The molecule has 3 aliphatic heterocycles. The molecule has 9 nitrogen and oxygen atoms in total. The fraction of sp³-hybridized carbons (Fsp3) is 0.500. The van der Waals surface area contributed by atoms with Crippen molar-refractivity contribution in [1.29, 1.82) is 0 Å². The van der Waals surface area contributed by atoms with E-state index in [1.54, 1.807) is 17.2 Å². The maximum atomic E-state index is 16.7. The Labute approximate surface area is 261 Å². The van der Waals surface area contributed by atoms with Crippen LogP contribution in [0.25, 0.3) is 26.9 Å². The van der Waals surface area contributed by atoms with Crippen molar-refractivity contribution >= 4 is 22.6 Å². The SMILES string of the molecule is [C-]#[N+]C[C@H]1CN(c2nc(OC[C@@]34CCCN3C[C@H](F)C4)nc3c(F)c(-c4cncc5c4CCCC5)ccc23)CCN1C(=O)C=C. The van der Waals surface area contributed by atoms with Crippen molar-refractivity contribution in [1.82, 2.24) is 24.8 Å². The molecule has 1 aromatic carbocycles. The summed E-state index contributed by atoms with van der Waals surface area (Å²) in [5.41, 5.74) is 3.24. The zero-order valence-corrected chi connectivity index (χ0v) is 25.4. The lowest BCUT2D eigenvalue weighted by molar-refractivity contribution is -0.128. The maximum Gasteiger partial charge on any atom is 0.319 e. The number of pyridine rings is 1. The Bertz CT molecular complexity index is 1690. The number of carbonyl (C=O) groups is 1. The molecule has 3 atom stereocenters. The third kappa shape index (κ3) is 5.29. The van der Waals surface area contributed by atoms with Gasteiger partial charge in [0.2, 0.25) is 12.5 Å². The second-order valence-corrected chi connectivity index (χ2v) is 12.7. The average Bonchev–Trinajstić information content (AvgIpc) is 3.59. The Kier molecular flexibility index (Phi) is 7.86. The number of hydrogen-bond acceptors (Lipinski definition) is 7. The average molecular weight is 614 g/mol. The molecule has 3 aromatic rings. The Balaban J connectivity index is 1.30. The molecule has 0 bridgehead atoms. The van der Waals surface area contributed by atoms with Crippen LogP contribution in [-0.2, 0) is 17.6 Å². The molecule has 11 heteroatoms. The summed E-state index contributed by atoms with van der Waals surface area (Å²) in [6.45, 7) is 13.8. The highest BCUT2D eigenvalue weighted by Crippen LogP contribution is 2.41. The predicted molar refractivity (Wildman–Crippen MR) is 167 cm³/mol. The highest BCUT2D eigenvalue weighted by atomic mass is 19.1. The fourth-order valence-electron chi connectivity index (χ4n) is 7.89. The van der Waals surface area contributed by atoms with Gasteiger partial charge in [-0.1, -0.05) is 12.6 Å². The predicted octanol–water partition coefficient (Wildman–Crippen LogP) is 4.79.